The van der Waals surface area contributed by atoms with Gasteiger partial charge in [-0.15, -0.1) is 0 Å². The highest BCUT2D eigenvalue weighted by atomic mass is 16.1. The van der Waals surface area contributed by atoms with Crippen molar-refractivity contribution in [3.63, 3.8) is 0 Å². The van der Waals surface area contributed by atoms with Crippen molar-refractivity contribution in [2.45, 2.75) is 6.92 Å². The number of pyridine rings is 1. The van der Waals surface area contributed by atoms with E-state index >= 15 is 0 Å². The molecule has 0 atom stereocenters. The minimum atomic E-state index is 0.701. The lowest BCUT2D eigenvalue weighted by Crippen LogP contribution is -1.84. The summed E-state index contributed by atoms with van der Waals surface area (Å²) in [5.74, 6) is 0. The first-order valence-corrected chi connectivity index (χ1v) is 3.40. The van der Waals surface area contributed by atoms with Gasteiger partial charge < -0.3 is 0 Å². The van der Waals surface area contributed by atoms with Gasteiger partial charge in [0.2, 0.25) is 0 Å². The zero-order chi connectivity index (χ0) is 8.10. The normalized spacial score (nSPS) is 11.2. The highest BCUT2D eigenvalue weighted by molar-refractivity contribution is 6.06. The molecule has 1 aromatic rings. The van der Waals surface area contributed by atoms with E-state index in [0.29, 0.717) is 5.57 Å². The maximum atomic E-state index is 10.4. The molecule has 56 valence electrons. The molecular formula is C9H9NO. The van der Waals surface area contributed by atoms with Crippen molar-refractivity contribution >= 4 is 11.9 Å². The molecule has 1 heterocycles. The summed E-state index contributed by atoms with van der Waals surface area (Å²) in [6.45, 7) is 1.84. The van der Waals surface area contributed by atoms with E-state index in [0.717, 1.165) is 11.8 Å². The van der Waals surface area contributed by atoms with Crippen LogP contribution in [0.2, 0.25) is 0 Å². The average Bonchev–Trinajstić information content (AvgIpc) is 2.09. The van der Waals surface area contributed by atoms with Crippen molar-refractivity contribution in [2.75, 3.05) is 0 Å². The van der Waals surface area contributed by atoms with Gasteiger partial charge in [-0.05, 0) is 24.6 Å². The molecule has 1 aromatic heterocycles. The molecule has 0 aliphatic carbocycles. The number of carbonyl (C=O) groups is 1. The fourth-order valence-electron chi connectivity index (χ4n) is 0.847. The van der Waals surface area contributed by atoms with Gasteiger partial charge in [-0.25, -0.2) is 0 Å². The summed E-state index contributed by atoms with van der Waals surface area (Å²) >= 11 is 0. The van der Waals surface area contributed by atoms with Crippen molar-refractivity contribution in [1.29, 1.82) is 0 Å². The van der Waals surface area contributed by atoms with Crippen molar-refractivity contribution in [3.05, 3.63) is 36.2 Å². The summed E-state index contributed by atoms with van der Waals surface area (Å²) in [5, 5.41) is 0. The van der Waals surface area contributed by atoms with Crippen LogP contribution in [0.5, 0.6) is 0 Å². The molecule has 0 spiro atoms. The lowest BCUT2D eigenvalue weighted by molar-refractivity contribution is -0.103. The molecule has 0 aliphatic heterocycles. The Kier molecular flexibility index (Phi) is 2.55. The Hall–Kier alpha value is -1.44. The average molecular weight is 147 g/mol. The Balaban J connectivity index is 3.01. The molecule has 0 unspecified atom stereocenters. The monoisotopic (exact) mass is 147 g/mol. The minimum Gasteiger partial charge on any atom is -0.298 e. The van der Waals surface area contributed by atoms with E-state index < -0.39 is 0 Å². The van der Waals surface area contributed by atoms with Crippen LogP contribution in [0.25, 0.3) is 5.57 Å². The van der Waals surface area contributed by atoms with Crippen LogP contribution in [0.15, 0.2) is 30.6 Å². The van der Waals surface area contributed by atoms with Crippen molar-refractivity contribution in [3.8, 4) is 0 Å². The molecule has 0 amide bonds. The van der Waals surface area contributed by atoms with Crippen molar-refractivity contribution < 1.29 is 4.79 Å². The molecule has 0 bridgehead atoms. The van der Waals surface area contributed by atoms with Crippen LogP contribution < -0.4 is 0 Å². The van der Waals surface area contributed by atoms with E-state index in [4.69, 9.17) is 0 Å². The highest BCUT2D eigenvalue weighted by Gasteiger charge is 1.95. The molecule has 11 heavy (non-hydrogen) atoms. The molecular weight excluding hydrogens is 138 g/mol. The Bertz CT molecular complexity index is 264. The maximum absolute atomic E-state index is 10.4. The summed E-state index contributed by atoms with van der Waals surface area (Å²) in [4.78, 5) is 14.3. The van der Waals surface area contributed by atoms with Gasteiger partial charge in [0.15, 0.2) is 0 Å². The fraction of sp³-hybridized carbons (Fsp3) is 0.111. The van der Waals surface area contributed by atoms with E-state index in [1.54, 1.807) is 18.5 Å². The molecule has 0 saturated heterocycles. The largest absolute Gasteiger partial charge is 0.298 e. The second-order valence-electron chi connectivity index (χ2n) is 2.10. The number of carbonyl (C=O) groups excluding carboxylic acids is 1. The molecule has 0 aliphatic rings. The second-order valence-corrected chi connectivity index (χ2v) is 2.10. The molecule has 0 saturated carbocycles. The van der Waals surface area contributed by atoms with Crippen LogP contribution in [-0.4, -0.2) is 11.3 Å². The van der Waals surface area contributed by atoms with Gasteiger partial charge in [0.05, 0.1) is 0 Å². The summed E-state index contributed by atoms with van der Waals surface area (Å²) in [6, 6.07) is 3.62. The summed E-state index contributed by atoms with van der Waals surface area (Å²) in [5.41, 5.74) is 1.62. The zero-order valence-electron chi connectivity index (χ0n) is 6.32. The van der Waals surface area contributed by atoms with Gasteiger partial charge in [0.25, 0.3) is 0 Å². The third-order valence-corrected chi connectivity index (χ3v) is 1.45. The maximum Gasteiger partial charge on any atom is 0.150 e. The predicted octanol–water partition coefficient (Wildman–Crippen LogP) is 1.68. The topological polar surface area (TPSA) is 30.0 Å². The smallest absolute Gasteiger partial charge is 0.150 e. The Morgan fingerprint density at radius 2 is 2.09 bits per heavy atom. The van der Waals surface area contributed by atoms with E-state index in [9.17, 15) is 4.79 Å². The van der Waals surface area contributed by atoms with Gasteiger partial charge in [-0.2, -0.15) is 0 Å². The van der Waals surface area contributed by atoms with E-state index in [1.807, 2.05) is 19.1 Å². The van der Waals surface area contributed by atoms with Crippen LogP contribution in [-0.2, 0) is 4.79 Å². The Morgan fingerprint density at radius 3 is 2.55 bits per heavy atom. The van der Waals surface area contributed by atoms with Gasteiger partial charge in [-0.1, -0.05) is 6.08 Å². The first-order valence-electron chi connectivity index (χ1n) is 3.40. The van der Waals surface area contributed by atoms with Gasteiger partial charge in [0, 0.05) is 18.0 Å². The van der Waals surface area contributed by atoms with E-state index in [1.165, 1.54) is 0 Å². The number of aldehydes is 1. The van der Waals surface area contributed by atoms with E-state index in [2.05, 4.69) is 4.98 Å². The lowest BCUT2D eigenvalue weighted by atomic mass is 10.1. The number of hydrogen-bond donors (Lipinski definition) is 0. The molecule has 2 nitrogen and oxygen atoms in total. The minimum absolute atomic E-state index is 0.701. The van der Waals surface area contributed by atoms with Crippen LogP contribution in [0.1, 0.15) is 12.5 Å². The van der Waals surface area contributed by atoms with E-state index in [-0.39, 0.29) is 0 Å². The number of allylic oxidation sites excluding steroid dienone is 2. The van der Waals surface area contributed by atoms with Crippen LogP contribution in [0.3, 0.4) is 0 Å². The molecule has 0 aromatic carbocycles. The number of aromatic nitrogens is 1. The van der Waals surface area contributed by atoms with Gasteiger partial charge in [-0.3, -0.25) is 9.78 Å². The van der Waals surface area contributed by atoms with Gasteiger partial charge >= 0.3 is 0 Å². The number of nitrogens with zero attached hydrogens (tertiary/aromatic N) is 1. The van der Waals surface area contributed by atoms with Crippen LogP contribution in [0, 0.1) is 0 Å². The summed E-state index contributed by atoms with van der Waals surface area (Å²) < 4.78 is 0. The molecule has 2 heteroatoms. The van der Waals surface area contributed by atoms with Crippen molar-refractivity contribution in [1.82, 2.24) is 4.98 Å². The standard InChI is InChI=1S/C9H9NO/c1-2-8(7-11)9-3-5-10-6-4-9/h2-7H,1H3/b8-2-. The summed E-state index contributed by atoms with van der Waals surface area (Å²) in [7, 11) is 0. The third kappa shape index (κ3) is 1.74. The SMILES string of the molecule is C/C=C(/C=O)c1ccncc1. The molecule has 1 rings (SSSR count). The first kappa shape index (κ1) is 7.66. The quantitative estimate of drug-likeness (QED) is 0.470. The second kappa shape index (κ2) is 3.66. The van der Waals surface area contributed by atoms with Crippen LogP contribution >= 0.6 is 0 Å². The molecule has 0 fully saturated rings. The van der Waals surface area contributed by atoms with Crippen LogP contribution in [0.4, 0.5) is 0 Å². The summed E-state index contributed by atoms with van der Waals surface area (Å²) in [6.07, 6.45) is 5.96. The number of rotatable bonds is 2. The highest BCUT2D eigenvalue weighted by Crippen LogP contribution is 2.08. The molecule has 0 N–H and O–H groups in total. The molecule has 0 radical (unpaired) electrons. The first-order chi connectivity index (χ1) is 5.38. The Morgan fingerprint density at radius 1 is 1.45 bits per heavy atom. The lowest BCUT2D eigenvalue weighted by Gasteiger charge is -1.95. The van der Waals surface area contributed by atoms with Crippen molar-refractivity contribution in [2.24, 2.45) is 0 Å². The Labute approximate surface area is 65.6 Å². The zero-order valence-corrected chi connectivity index (χ0v) is 6.32. The fourth-order valence-corrected chi connectivity index (χ4v) is 0.847. The van der Waals surface area contributed by atoms with Gasteiger partial charge in [0.1, 0.15) is 6.29 Å². The number of hydrogen-bond acceptors (Lipinski definition) is 2. The third-order valence-electron chi connectivity index (χ3n) is 1.45. The predicted molar refractivity (Wildman–Crippen MR) is 44.0 cm³/mol.